The van der Waals surface area contributed by atoms with Crippen LogP contribution in [0.5, 0.6) is 0 Å². The Morgan fingerprint density at radius 3 is 2.62 bits per heavy atom. The lowest BCUT2D eigenvalue weighted by atomic mass is 10.0. The van der Waals surface area contributed by atoms with Gasteiger partial charge >= 0.3 is 0 Å². The van der Waals surface area contributed by atoms with Crippen LogP contribution < -0.4 is 5.32 Å². The molecule has 1 saturated heterocycles. The van der Waals surface area contributed by atoms with Gasteiger partial charge in [0.1, 0.15) is 6.17 Å². The first-order valence-electron chi connectivity index (χ1n) is 7.58. The first-order chi connectivity index (χ1) is 9.92. The van der Waals surface area contributed by atoms with E-state index in [1.807, 2.05) is 16.7 Å². The van der Waals surface area contributed by atoms with Gasteiger partial charge in [0.2, 0.25) is 5.91 Å². The maximum absolute atomic E-state index is 12.7. The Morgan fingerprint density at radius 2 is 2.10 bits per heavy atom. The summed E-state index contributed by atoms with van der Waals surface area (Å²) in [5.74, 6) is 0.788. The summed E-state index contributed by atoms with van der Waals surface area (Å²) in [4.78, 5) is 17.3. The second-order valence-corrected chi connectivity index (χ2v) is 8.83. The molecular formula is C16H26N2OS2. The molecule has 0 bridgehead atoms. The normalized spacial score (nSPS) is 24.1. The van der Waals surface area contributed by atoms with E-state index in [1.165, 1.54) is 9.75 Å². The molecule has 0 aliphatic carbocycles. The molecular weight excluding hydrogens is 300 g/mol. The molecule has 1 aliphatic heterocycles. The standard InChI is InChI=1S/C16H26N2OS2/c1-10(2)8-13-16(19)18(9-12(4)20-5)15(17-13)14-7-6-11(3)21-14/h6-7,10,12-13,15,17H,8-9H2,1-5H3. The molecule has 0 aromatic carbocycles. The van der Waals surface area contributed by atoms with Crippen LogP contribution >= 0.6 is 23.1 Å². The third-order valence-corrected chi connectivity index (χ3v) is 5.85. The van der Waals surface area contributed by atoms with Gasteiger partial charge in [-0.2, -0.15) is 11.8 Å². The molecule has 21 heavy (non-hydrogen) atoms. The molecule has 1 aliphatic rings. The van der Waals surface area contributed by atoms with Crippen molar-refractivity contribution in [3.05, 3.63) is 21.9 Å². The van der Waals surface area contributed by atoms with Crippen LogP contribution in [0, 0.1) is 12.8 Å². The molecule has 1 fully saturated rings. The molecule has 0 radical (unpaired) electrons. The zero-order valence-corrected chi connectivity index (χ0v) is 15.2. The van der Waals surface area contributed by atoms with Gasteiger partial charge in [-0.15, -0.1) is 11.3 Å². The zero-order chi connectivity index (χ0) is 15.6. The molecule has 2 rings (SSSR count). The van der Waals surface area contributed by atoms with Crippen molar-refractivity contribution in [2.45, 2.75) is 51.6 Å². The third kappa shape index (κ3) is 4.02. The van der Waals surface area contributed by atoms with Crippen LogP contribution in [0.1, 0.15) is 43.1 Å². The Labute approximate surface area is 136 Å². The van der Waals surface area contributed by atoms with Gasteiger partial charge in [-0.1, -0.05) is 20.8 Å². The van der Waals surface area contributed by atoms with Crippen LogP contribution in [0.4, 0.5) is 0 Å². The van der Waals surface area contributed by atoms with Gasteiger partial charge in [0.25, 0.3) is 0 Å². The summed E-state index contributed by atoms with van der Waals surface area (Å²) in [6, 6.07) is 4.25. The number of hydrogen-bond donors (Lipinski definition) is 1. The summed E-state index contributed by atoms with van der Waals surface area (Å²) in [5.41, 5.74) is 0. The van der Waals surface area contributed by atoms with E-state index in [-0.39, 0.29) is 18.1 Å². The second kappa shape index (κ2) is 7.16. The largest absolute Gasteiger partial charge is 0.320 e. The summed E-state index contributed by atoms with van der Waals surface area (Å²) in [5, 5.41) is 4.01. The molecule has 3 atom stereocenters. The van der Waals surface area contributed by atoms with Gasteiger partial charge in [-0.3, -0.25) is 10.1 Å². The highest BCUT2D eigenvalue weighted by molar-refractivity contribution is 7.99. The minimum absolute atomic E-state index is 0.0357. The summed E-state index contributed by atoms with van der Waals surface area (Å²) in [6.45, 7) is 9.46. The summed E-state index contributed by atoms with van der Waals surface area (Å²) in [7, 11) is 0. The van der Waals surface area contributed by atoms with Crippen LogP contribution in [0.2, 0.25) is 0 Å². The first-order valence-corrected chi connectivity index (χ1v) is 9.68. The van der Waals surface area contributed by atoms with Crippen molar-refractivity contribution in [3.63, 3.8) is 0 Å². The van der Waals surface area contributed by atoms with E-state index in [9.17, 15) is 4.79 Å². The fourth-order valence-corrected chi connectivity index (χ4v) is 3.96. The molecule has 2 heterocycles. The van der Waals surface area contributed by atoms with E-state index in [2.05, 4.69) is 51.4 Å². The third-order valence-electron chi connectivity index (χ3n) is 3.85. The number of hydrogen-bond acceptors (Lipinski definition) is 4. The molecule has 0 spiro atoms. The summed E-state index contributed by atoms with van der Waals surface area (Å²) >= 11 is 3.60. The Hall–Kier alpha value is -0.520. The number of rotatable bonds is 6. The van der Waals surface area contributed by atoms with Crippen LogP contribution in [-0.2, 0) is 4.79 Å². The number of nitrogens with one attached hydrogen (secondary N) is 1. The van der Waals surface area contributed by atoms with Crippen molar-refractivity contribution in [1.29, 1.82) is 0 Å². The topological polar surface area (TPSA) is 32.3 Å². The highest BCUT2D eigenvalue weighted by Crippen LogP contribution is 2.32. The number of aryl methyl sites for hydroxylation is 1. The van der Waals surface area contributed by atoms with Crippen molar-refractivity contribution in [2.75, 3.05) is 12.8 Å². The predicted octanol–water partition coefficient (Wildman–Crippen LogP) is 3.65. The molecule has 5 heteroatoms. The smallest absolute Gasteiger partial charge is 0.241 e. The van der Waals surface area contributed by atoms with E-state index >= 15 is 0 Å². The van der Waals surface area contributed by atoms with Crippen LogP contribution in [0.25, 0.3) is 0 Å². The minimum atomic E-state index is -0.0357. The van der Waals surface area contributed by atoms with Crippen molar-refractivity contribution >= 4 is 29.0 Å². The number of nitrogens with zero attached hydrogens (tertiary/aromatic N) is 1. The molecule has 3 nitrogen and oxygen atoms in total. The Bertz CT molecular complexity index is 486. The average Bonchev–Trinajstić information content (AvgIpc) is 2.96. The molecule has 1 amide bonds. The SMILES string of the molecule is CSC(C)CN1C(=O)C(CC(C)C)NC1c1ccc(C)s1. The maximum atomic E-state index is 12.7. The first kappa shape index (κ1) is 16.8. The molecule has 1 aromatic rings. The monoisotopic (exact) mass is 326 g/mol. The van der Waals surface area contributed by atoms with Crippen molar-refractivity contribution in [1.82, 2.24) is 10.2 Å². The molecule has 0 saturated carbocycles. The van der Waals surface area contributed by atoms with Crippen molar-refractivity contribution in [2.24, 2.45) is 5.92 Å². The van der Waals surface area contributed by atoms with Crippen LogP contribution in [-0.4, -0.2) is 34.9 Å². The number of carbonyl (C=O) groups is 1. The molecule has 3 unspecified atom stereocenters. The second-order valence-electron chi connectivity index (χ2n) is 6.24. The lowest BCUT2D eigenvalue weighted by Gasteiger charge is -2.25. The lowest BCUT2D eigenvalue weighted by Crippen LogP contribution is -2.35. The Balaban J connectivity index is 2.20. The lowest BCUT2D eigenvalue weighted by molar-refractivity contribution is -0.130. The zero-order valence-electron chi connectivity index (χ0n) is 13.6. The van der Waals surface area contributed by atoms with E-state index in [4.69, 9.17) is 0 Å². The summed E-state index contributed by atoms with van der Waals surface area (Å²) < 4.78 is 0. The minimum Gasteiger partial charge on any atom is -0.320 e. The predicted molar refractivity (Wildman–Crippen MR) is 92.9 cm³/mol. The van der Waals surface area contributed by atoms with Gasteiger partial charge in [0.15, 0.2) is 0 Å². The van der Waals surface area contributed by atoms with Gasteiger partial charge in [-0.25, -0.2) is 0 Å². The number of carbonyl (C=O) groups excluding carboxylic acids is 1. The van der Waals surface area contributed by atoms with E-state index < -0.39 is 0 Å². The van der Waals surface area contributed by atoms with E-state index in [0.717, 1.165) is 13.0 Å². The van der Waals surface area contributed by atoms with Crippen LogP contribution in [0.15, 0.2) is 12.1 Å². The van der Waals surface area contributed by atoms with Gasteiger partial charge in [0, 0.05) is 21.5 Å². The van der Waals surface area contributed by atoms with Crippen molar-refractivity contribution in [3.8, 4) is 0 Å². The quantitative estimate of drug-likeness (QED) is 0.866. The Morgan fingerprint density at radius 1 is 1.38 bits per heavy atom. The number of amides is 1. The average molecular weight is 327 g/mol. The fraction of sp³-hybridized carbons (Fsp3) is 0.688. The van der Waals surface area contributed by atoms with E-state index in [0.29, 0.717) is 11.2 Å². The number of thioether (sulfide) groups is 1. The molecule has 118 valence electrons. The highest BCUT2D eigenvalue weighted by Gasteiger charge is 2.40. The maximum Gasteiger partial charge on any atom is 0.241 e. The number of thiophene rings is 1. The Kier molecular flexibility index (Phi) is 5.74. The summed E-state index contributed by atoms with van der Waals surface area (Å²) in [6.07, 6.45) is 3.06. The van der Waals surface area contributed by atoms with Gasteiger partial charge in [0.05, 0.1) is 6.04 Å². The van der Waals surface area contributed by atoms with Gasteiger partial charge < -0.3 is 4.90 Å². The highest BCUT2D eigenvalue weighted by atomic mass is 32.2. The van der Waals surface area contributed by atoms with Gasteiger partial charge in [-0.05, 0) is 37.7 Å². The molecule has 1 N–H and O–H groups in total. The van der Waals surface area contributed by atoms with Crippen molar-refractivity contribution < 1.29 is 4.79 Å². The molecule has 1 aromatic heterocycles. The fourth-order valence-electron chi connectivity index (χ4n) is 2.70. The van der Waals surface area contributed by atoms with E-state index in [1.54, 1.807) is 11.3 Å². The van der Waals surface area contributed by atoms with Crippen LogP contribution in [0.3, 0.4) is 0 Å².